The normalized spacial score (nSPS) is 15.7. The van der Waals surface area contributed by atoms with E-state index in [1.54, 1.807) is 24.3 Å². The van der Waals surface area contributed by atoms with Gasteiger partial charge in [-0.2, -0.15) is 4.31 Å². The minimum Gasteiger partial charge on any atom is -0.350 e. The summed E-state index contributed by atoms with van der Waals surface area (Å²) >= 11 is 6.20. The number of rotatable bonds is 7. The zero-order chi connectivity index (χ0) is 23.3. The van der Waals surface area contributed by atoms with Crippen molar-refractivity contribution in [1.29, 1.82) is 0 Å². The molecule has 9 heteroatoms. The highest BCUT2D eigenvalue weighted by molar-refractivity contribution is 7.89. The Balaban J connectivity index is 1.86. The molecule has 0 aliphatic carbocycles. The molecular formula is C23H28ClN3O4S. The van der Waals surface area contributed by atoms with Crippen molar-refractivity contribution < 1.29 is 18.0 Å². The van der Waals surface area contributed by atoms with Crippen molar-refractivity contribution in [1.82, 2.24) is 9.62 Å². The van der Waals surface area contributed by atoms with Gasteiger partial charge in [-0.05, 0) is 56.5 Å². The second-order valence-corrected chi connectivity index (χ2v) is 10.2. The Hall–Kier alpha value is -2.42. The van der Waals surface area contributed by atoms with Gasteiger partial charge in [0, 0.05) is 24.7 Å². The monoisotopic (exact) mass is 477 g/mol. The van der Waals surface area contributed by atoms with Crippen LogP contribution in [-0.2, 0) is 10.0 Å². The fourth-order valence-corrected chi connectivity index (χ4v) is 5.49. The number of benzene rings is 2. The van der Waals surface area contributed by atoms with Gasteiger partial charge < -0.3 is 10.6 Å². The van der Waals surface area contributed by atoms with Crippen LogP contribution in [0.15, 0.2) is 47.4 Å². The molecule has 0 saturated carbocycles. The smallest absolute Gasteiger partial charge is 0.255 e. The van der Waals surface area contributed by atoms with Crippen molar-refractivity contribution >= 4 is 39.1 Å². The van der Waals surface area contributed by atoms with Gasteiger partial charge in [-0.1, -0.05) is 37.1 Å². The molecule has 0 bridgehead atoms. The maximum Gasteiger partial charge on any atom is 0.255 e. The van der Waals surface area contributed by atoms with E-state index >= 15 is 0 Å². The molecule has 1 saturated heterocycles. The number of nitrogens with one attached hydrogen (secondary N) is 2. The van der Waals surface area contributed by atoms with Gasteiger partial charge in [0.1, 0.15) is 4.90 Å². The summed E-state index contributed by atoms with van der Waals surface area (Å²) in [4.78, 5) is 25.4. The van der Waals surface area contributed by atoms with Crippen molar-refractivity contribution in [3.8, 4) is 0 Å². The van der Waals surface area contributed by atoms with Gasteiger partial charge >= 0.3 is 0 Å². The standard InChI is InChI=1S/C23H28ClN3O4S/c1-3-16(2)25-23(29)18-9-5-6-10-20(18)26-22(28)17-11-12-19(24)21(15-17)32(30,31)27-13-7-4-8-14-27/h5-6,9-12,15-16H,3-4,7-8,13-14H2,1-2H3,(H,25,29)(H,26,28). The van der Waals surface area contributed by atoms with Crippen molar-refractivity contribution in [2.75, 3.05) is 18.4 Å². The number of anilines is 1. The zero-order valence-corrected chi connectivity index (χ0v) is 19.8. The molecule has 32 heavy (non-hydrogen) atoms. The van der Waals surface area contributed by atoms with Gasteiger partial charge in [-0.3, -0.25) is 9.59 Å². The van der Waals surface area contributed by atoms with Crippen LogP contribution in [0.3, 0.4) is 0 Å². The quantitative estimate of drug-likeness (QED) is 0.621. The van der Waals surface area contributed by atoms with Crippen LogP contribution in [0.5, 0.6) is 0 Å². The zero-order valence-electron chi connectivity index (χ0n) is 18.2. The van der Waals surface area contributed by atoms with Gasteiger partial charge in [-0.25, -0.2) is 8.42 Å². The van der Waals surface area contributed by atoms with Crippen molar-refractivity contribution in [2.45, 2.75) is 50.5 Å². The van der Waals surface area contributed by atoms with E-state index in [1.807, 2.05) is 13.8 Å². The first kappa shape index (κ1) is 24.2. The average molecular weight is 478 g/mol. The van der Waals surface area contributed by atoms with Gasteiger partial charge in [-0.15, -0.1) is 0 Å². The van der Waals surface area contributed by atoms with Crippen molar-refractivity contribution in [2.24, 2.45) is 0 Å². The molecule has 1 heterocycles. The molecule has 0 radical (unpaired) electrons. The predicted octanol–water partition coefficient (Wildman–Crippen LogP) is 4.30. The van der Waals surface area contributed by atoms with Gasteiger partial charge in [0.2, 0.25) is 10.0 Å². The molecule has 1 aliphatic heterocycles. The molecule has 1 aliphatic rings. The van der Waals surface area contributed by atoms with E-state index in [2.05, 4.69) is 10.6 Å². The molecule has 1 fully saturated rings. The summed E-state index contributed by atoms with van der Waals surface area (Å²) in [6.07, 6.45) is 3.37. The molecule has 1 unspecified atom stereocenters. The molecule has 2 aromatic rings. The Labute approximate surface area is 194 Å². The third-order valence-corrected chi connectivity index (χ3v) is 7.92. The fraction of sp³-hybridized carbons (Fsp3) is 0.391. The summed E-state index contributed by atoms with van der Waals surface area (Å²) in [6, 6.07) is 10.8. The summed E-state index contributed by atoms with van der Waals surface area (Å²) < 4.78 is 27.6. The highest BCUT2D eigenvalue weighted by Gasteiger charge is 2.29. The minimum absolute atomic E-state index is 0.00919. The SMILES string of the molecule is CCC(C)NC(=O)c1ccccc1NC(=O)c1ccc(Cl)c(S(=O)(=O)N2CCCCC2)c1. The average Bonchev–Trinajstić information content (AvgIpc) is 2.80. The number of carbonyl (C=O) groups is 2. The van der Waals surface area contributed by atoms with Crippen molar-refractivity contribution in [3.63, 3.8) is 0 Å². The lowest BCUT2D eigenvalue weighted by atomic mass is 10.1. The highest BCUT2D eigenvalue weighted by Crippen LogP contribution is 2.28. The topological polar surface area (TPSA) is 95.6 Å². The van der Waals surface area contributed by atoms with Crippen LogP contribution in [0.2, 0.25) is 5.02 Å². The van der Waals surface area contributed by atoms with Gasteiger partial charge in [0.05, 0.1) is 16.3 Å². The summed E-state index contributed by atoms with van der Waals surface area (Å²) in [5, 5.41) is 5.67. The van der Waals surface area contributed by atoms with Crippen molar-refractivity contribution in [3.05, 3.63) is 58.6 Å². The molecular weight excluding hydrogens is 450 g/mol. The summed E-state index contributed by atoms with van der Waals surface area (Å²) in [5.41, 5.74) is 0.812. The third-order valence-electron chi connectivity index (χ3n) is 5.54. The Morgan fingerprint density at radius 2 is 1.75 bits per heavy atom. The van der Waals surface area contributed by atoms with Crippen LogP contribution < -0.4 is 10.6 Å². The number of amides is 2. The van der Waals surface area contributed by atoms with E-state index in [-0.39, 0.29) is 27.4 Å². The first-order valence-electron chi connectivity index (χ1n) is 10.7. The summed E-state index contributed by atoms with van der Waals surface area (Å²) in [6.45, 7) is 4.74. The largest absolute Gasteiger partial charge is 0.350 e. The Kier molecular flexibility index (Phi) is 7.92. The van der Waals surface area contributed by atoms with Gasteiger partial charge in [0.25, 0.3) is 11.8 Å². The summed E-state index contributed by atoms with van der Waals surface area (Å²) in [7, 11) is -3.80. The van der Waals surface area contributed by atoms with E-state index in [0.29, 0.717) is 24.3 Å². The van der Waals surface area contributed by atoms with Gasteiger partial charge in [0.15, 0.2) is 0 Å². The van der Waals surface area contributed by atoms with E-state index in [9.17, 15) is 18.0 Å². The van der Waals surface area contributed by atoms with E-state index in [0.717, 1.165) is 25.7 Å². The molecule has 2 aromatic carbocycles. The number of hydrogen-bond acceptors (Lipinski definition) is 4. The predicted molar refractivity (Wildman–Crippen MR) is 126 cm³/mol. The van der Waals surface area contributed by atoms with Crippen LogP contribution in [0.4, 0.5) is 5.69 Å². The molecule has 2 N–H and O–H groups in total. The van der Waals surface area contributed by atoms with Crippen LogP contribution in [0, 0.1) is 0 Å². The lowest BCUT2D eigenvalue weighted by Gasteiger charge is -2.26. The molecule has 0 aromatic heterocycles. The molecule has 3 rings (SSSR count). The Morgan fingerprint density at radius 3 is 2.44 bits per heavy atom. The highest BCUT2D eigenvalue weighted by atomic mass is 35.5. The molecule has 2 amide bonds. The first-order chi connectivity index (χ1) is 15.2. The lowest BCUT2D eigenvalue weighted by Crippen LogP contribution is -2.35. The second-order valence-electron chi connectivity index (χ2n) is 7.89. The van der Waals surface area contributed by atoms with Crippen LogP contribution in [0.25, 0.3) is 0 Å². The number of piperidine rings is 1. The van der Waals surface area contributed by atoms with E-state index in [1.165, 1.54) is 22.5 Å². The Morgan fingerprint density at radius 1 is 1.06 bits per heavy atom. The number of halogens is 1. The molecule has 1 atom stereocenters. The molecule has 7 nitrogen and oxygen atoms in total. The second kappa shape index (κ2) is 10.5. The first-order valence-corrected chi connectivity index (χ1v) is 12.6. The fourth-order valence-electron chi connectivity index (χ4n) is 3.47. The number of carbonyl (C=O) groups excluding carboxylic acids is 2. The number of nitrogens with zero attached hydrogens (tertiary/aromatic N) is 1. The number of para-hydroxylation sites is 1. The third kappa shape index (κ3) is 5.49. The maximum absolute atomic E-state index is 13.1. The molecule has 0 spiro atoms. The summed E-state index contributed by atoms with van der Waals surface area (Å²) in [5.74, 6) is -0.819. The lowest BCUT2D eigenvalue weighted by molar-refractivity contribution is 0.0940. The molecule has 172 valence electrons. The number of sulfonamides is 1. The minimum atomic E-state index is -3.80. The van der Waals surface area contributed by atoms with Crippen LogP contribution >= 0.6 is 11.6 Å². The van der Waals surface area contributed by atoms with Crippen LogP contribution in [0.1, 0.15) is 60.2 Å². The Bertz CT molecular complexity index is 1100. The number of hydrogen-bond donors (Lipinski definition) is 2. The maximum atomic E-state index is 13.1. The van der Waals surface area contributed by atoms with Crippen LogP contribution in [-0.4, -0.2) is 43.7 Å². The van der Waals surface area contributed by atoms with E-state index in [4.69, 9.17) is 11.6 Å². The van der Waals surface area contributed by atoms with E-state index < -0.39 is 15.9 Å².